The molecule has 2 aromatic carbocycles. The van der Waals surface area contributed by atoms with Gasteiger partial charge in [-0.2, -0.15) is 5.10 Å². The van der Waals surface area contributed by atoms with E-state index in [0.29, 0.717) is 5.16 Å². The molecule has 1 N–H and O–H groups in total. The molecule has 5 aromatic rings. The molecule has 0 aliphatic rings. The highest BCUT2D eigenvalue weighted by molar-refractivity contribution is 7.99. The van der Waals surface area contributed by atoms with Crippen molar-refractivity contribution < 1.29 is 4.79 Å². The fourth-order valence-corrected chi connectivity index (χ4v) is 5.74. The Balaban J connectivity index is 1.34. The molecule has 9 heteroatoms. The van der Waals surface area contributed by atoms with Gasteiger partial charge in [-0.25, -0.2) is 4.68 Å². The van der Waals surface area contributed by atoms with Crippen molar-refractivity contribution in [1.29, 1.82) is 0 Å². The van der Waals surface area contributed by atoms with Crippen molar-refractivity contribution in [1.82, 2.24) is 24.5 Å². The Morgan fingerprint density at radius 2 is 1.85 bits per heavy atom. The quantitative estimate of drug-likeness (QED) is 0.318. The van der Waals surface area contributed by atoms with Crippen LogP contribution in [0, 0.1) is 20.8 Å². The minimum absolute atomic E-state index is 0.0676. The minimum Gasteiger partial charge on any atom is -0.325 e. The summed E-state index contributed by atoms with van der Waals surface area (Å²) in [6.45, 7) is 6.05. The zero-order chi connectivity index (χ0) is 23.8. The molecule has 3 heterocycles. The van der Waals surface area contributed by atoms with Gasteiger partial charge in [-0.1, -0.05) is 47.7 Å². The molecule has 0 aliphatic carbocycles. The van der Waals surface area contributed by atoms with Crippen LogP contribution in [-0.4, -0.2) is 36.2 Å². The largest absolute Gasteiger partial charge is 0.325 e. The highest BCUT2D eigenvalue weighted by Gasteiger charge is 2.19. The van der Waals surface area contributed by atoms with E-state index < -0.39 is 0 Å². The normalized spacial score (nSPS) is 11.3. The lowest BCUT2D eigenvalue weighted by atomic mass is 10.1. The third kappa shape index (κ3) is 4.24. The Labute approximate surface area is 205 Å². The van der Waals surface area contributed by atoms with Gasteiger partial charge in [0.1, 0.15) is 4.83 Å². The zero-order valence-corrected chi connectivity index (χ0v) is 21.0. The summed E-state index contributed by atoms with van der Waals surface area (Å²) in [5, 5.41) is 18.3. The number of thiophene rings is 1. The van der Waals surface area contributed by atoms with E-state index >= 15 is 0 Å². The number of benzene rings is 2. The molecule has 0 saturated carbocycles. The zero-order valence-electron chi connectivity index (χ0n) is 19.4. The summed E-state index contributed by atoms with van der Waals surface area (Å²) in [4.78, 5) is 14.6. The van der Waals surface area contributed by atoms with Gasteiger partial charge in [0, 0.05) is 18.1 Å². The van der Waals surface area contributed by atoms with E-state index in [-0.39, 0.29) is 11.7 Å². The van der Waals surface area contributed by atoms with Gasteiger partial charge in [0.25, 0.3) is 0 Å². The number of hydrogen-bond acceptors (Lipinski definition) is 6. The summed E-state index contributed by atoms with van der Waals surface area (Å²) < 4.78 is 3.91. The number of carbonyl (C=O) groups excluding carboxylic acids is 1. The minimum atomic E-state index is -0.0676. The number of rotatable bonds is 6. The van der Waals surface area contributed by atoms with Crippen molar-refractivity contribution >= 4 is 44.9 Å². The van der Waals surface area contributed by atoms with Crippen molar-refractivity contribution in [3.8, 4) is 16.4 Å². The van der Waals surface area contributed by atoms with Gasteiger partial charge in [-0.15, -0.1) is 21.5 Å². The van der Waals surface area contributed by atoms with Gasteiger partial charge in [-0.05, 0) is 50.6 Å². The summed E-state index contributed by atoms with van der Waals surface area (Å²) in [6.07, 6.45) is 0. The maximum absolute atomic E-state index is 12.5. The number of carbonyl (C=O) groups is 1. The molecule has 3 aromatic heterocycles. The Kier molecular flexibility index (Phi) is 5.97. The van der Waals surface area contributed by atoms with Gasteiger partial charge < -0.3 is 9.88 Å². The third-order valence-electron chi connectivity index (χ3n) is 5.59. The van der Waals surface area contributed by atoms with E-state index in [1.54, 1.807) is 11.3 Å². The summed E-state index contributed by atoms with van der Waals surface area (Å²) in [7, 11) is 1.93. The Morgan fingerprint density at radius 3 is 2.62 bits per heavy atom. The molecular weight excluding hydrogens is 464 g/mol. The van der Waals surface area contributed by atoms with Crippen molar-refractivity contribution in [2.45, 2.75) is 25.9 Å². The lowest BCUT2D eigenvalue weighted by Gasteiger charge is -2.09. The van der Waals surface area contributed by atoms with Crippen molar-refractivity contribution in [2.24, 2.45) is 7.05 Å². The van der Waals surface area contributed by atoms with E-state index in [1.807, 2.05) is 79.5 Å². The maximum atomic E-state index is 12.5. The van der Waals surface area contributed by atoms with Crippen molar-refractivity contribution in [3.63, 3.8) is 0 Å². The molecule has 1 amide bonds. The SMILES string of the molecule is Cc1ccc(NC(=O)CSc2nnc(-c3cc4c(C)nn(-c5ccccc5)c4s3)n2C)c(C)c1. The van der Waals surface area contributed by atoms with Crippen LogP contribution in [0.2, 0.25) is 0 Å². The van der Waals surface area contributed by atoms with E-state index in [2.05, 4.69) is 27.6 Å². The van der Waals surface area contributed by atoms with Crippen LogP contribution >= 0.6 is 23.1 Å². The number of nitrogens with zero attached hydrogens (tertiary/aromatic N) is 5. The van der Waals surface area contributed by atoms with Crippen LogP contribution in [0.5, 0.6) is 0 Å². The number of nitrogens with one attached hydrogen (secondary N) is 1. The molecule has 0 radical (unpaired) electrons. The Bertz CT molecular complexity index is 1500. The van der Waals surface area contributed by atoms with Crippen molar-refractivity contribution in [3.05, 3.63) is 71.4 Å². The van der Waals surface area contributed by atoms with E-state index in [4.69, 9.17) is 5.10 Å². The molecule has 0 spiro atoms. The number of thioether (sulfide) groups is 1. The van der Waals surface area contributed by atoms with Gasteiger partial charge in [0.2, 0.25) is 5.91 Å². The predicted octanol–water partition coefficient (Wildman–Crippen LogP) is 5.54. The second-order valence-corrected chi connectivity index (χ2v) is 10.2. The fraction of sp³-hybridized carbons (Fsp3) is 0.200. The van der Waals surface area contributed by atoms with E-state index in [9.17, 15) is 4.79 Å². The molecule has 5 rings (SSSR count). The maximum Gasteiger partial charge on any atom is 0.234 e. The molecule has 172 valence electrons. The molecule has 0 saturated heterocycles. The second kappa shape index (κ2) is 9.08. The number of anilines is 1. The van der Waals surface area contributed by atoms with Crippen molar-refractivity contribution in [2.75, 3.05) is 11.1 Å². The molecule has 0 atom stereocenters. The van der Waals surface area contributed by atoms with Gasteiger partial charge in [-0.3, -0.25) is 4.79 Å². The fourth-order valence-electron chi connectivity index (χ4n) is 3.83. The number of aromatic nitrogens is 5. The highest BCUT2D eigenvalue weighted by Crippen LogP contribution is 2.36. The molecule has 34 heavy (non-hydrogen) atoms. The summed E-state index contributed by atoms with van der Waals surface area (Å²) in [5.41, 5.74) is 5.06. The van der Waals surface area contributed by atoms with Gasteiger partial charge in [0.15, 0.2) is 11.0 Å². The number of aryl methyl sites for hydroxylation is 3. The lowest BCUT2D eigenvalue weighted by molar-refractivity contribution is -0.113. The van der Waals surface area contributed by atoms with E-state index in [1.165, 1.54) is 17.3 Å². The summed E-state index contributed by atoms with van der Waals surface area (Å²) in [6, 6.07) is 18.2. The molecule has 0 bridgehead atoms. The smallest absolute Gasteiger partial charge is 0.234 e. The number of hydrogen-bond donors (Lipinski definition) is 1. The third-order valence-corrected chi connectivity index (χ3v) is 7.72. The van der Waals surface area contributed by atoms with E-state index in [0.717, 1.165) is 43.6 Å². The first-order valence-electron chi connectivity index (χ1n) is 10.8. The second-order valence-electron chi connectivity index (χ2n) is 8.18. The van der Waals surface area contributed by atoms with Crippen LogP contribution in [0.15, 0.2) is 59.8 Å². The first kappa shape index (κ1) is 22.4. The monoisotopic (exact) mass is 488 g/mol. The first-order valence-corrected chi connectivity index (χ1v) is 12.6. The first-order chi connectivity index (χ1) is 16.4. The molecule has 0 unspecified atom stereocenters. The van der Waals surface area contributed by atoms with Gasteiger partial charge >= 0.3 is 0 Å². The van der Waals surface area contributed by atoms with Crippen LogP contribution in [-0.2, 0) is 11.8 Å². The molecular formula is C25H24N6OS2. The Hall–Kier alpha value is -3.43. The van der Waals surface area contributed by atoms with Crippen LogP contribution in [0.1, 0.15) is 16.8 Å². The molecule has 0 aliphatic heterocycles. The number of para-hydroxylation sites is 1. The summed E-state index contributed by atoms with van der Waals surface area (Å²) in [5.74, 6) is 0.966. The lowest BCUT2D eigenvalue weighted by Crippen LogP contribution is -2.15. The predicted molar refractivity (Wildman–Crippen MR) is 139 cm³/mol. The molecule has 0 fully saturated rings. The Morgan fingerprint density at radius 1 is 1.06 bits per heavy atom. The highest BCUT2D eigenvalue weighted by atomic mass is 32.2. The molecule has 7 nitrogen and oxygen atoms in total. The van der Waals surface area contributed by atoms with Gasteiger partial charge in [0.05, 0.1) is 22.0 Å². The number of amides is 1. The van der Waals surface area contributed by atoms with Crippen LogP contribution in [0.3, 0.4) is 0 Å². The van der Waals surface area contributed by atoms with Crippen LogP contribution < -0.4 is 5.32 Å². The van der Waals surface area contributed by atoms with Crippen LogP contribution in [0.25, 0.3) is 26.6 Å². The van der Waals surface area contributed by atoms with Crippen LogP contribution in [0.4, 0.5) is 5.69 Å². The summed E-state index contributed by atoms with van der Waals surface area (Å²) >= 11 is 3.01. The standard InChI is InChI=1S/C25H24N6OS2/c1-15-10-11-20(16(2)12-15)26-22(32)14-33-25-28-27-23(30(25)4)21-13-19-17(3)29-31(24(19)34-21)18-8-6-5-7-9-18/h5-13H,14H2,1-4H3,(H,26,32). The number of fused-ring (bicyclic) bond motifs is 1. The average Bonchev–Trinajstić information content (AvgIpc) is 3.49. The average molecular weight is 489 g/mol. The topological polar surface area (TPSA) is 77.6 Å².